The molecule has 0 spiro atoms. The van der Waals surface area contributed by atoms with E-state index in [2.05, 4.69) is 9.97 Å². The normalized spacial score (nSPS) is 18.5. The zero-order chi connectivity index (χ0) is 14.7. The molecule has 2 aromatic rings. The van der Waals surface area contributed by atoms with Gasteiger partial charge in [-0.15, -0.1) is 0 Å². The first-order valence-electron chi connectivity index (χ1n) is 6.67. The predicted molar refractivity (Wildman–Crippen MR) is 73.0 cm³/mol. The van der Waals surface area contributed by atoms with Crippen molar-refractivity contribution in [1.29, 1.82) is 0 Å². The van der Waals surface area contributed by atoms with Crippen molar-refractivity contribution >= 4 is 5.91 Å². The van der Waals surface area contributed by atoms with E-state index in [1.54, 1.807) is 23.1 Å². The smallest absolute Gasteiger partial charge is 0.274 e. The van der Waals surface area contributed by atoms with Gasteiger partial charge >= 0.3 is 0 Å². The average molecular weight is 287 g/mol. The minimum atomic E-state index is -0.458. The van der Waals surface area contributed by atoms with Crippen LogP contribution in [0.3, 0.4) is 0 Å². The van der Waals surface area contributed by atoms with E-state index < -0.39 is 6.10 Å². The van der Waals surface area contributed by atoms with Gasteiger partial charge in [-0.25, -0.2) is 9.37 Å². The number of carbonyl (C=O) groups is 1. The Morgan fingerprint density at radius 3 is 2.95 bits per heavy atom. The molecule has 1 saturated heterocycles. The number of amides is 1. The third-order valence-corrected chi connectivity index (χ3v) is 3.39. The number of nitrogens with zero attached hydrogens (tertiary/aromatic N) is 3. The van der Waals surface area contributed by atoms with Crippen LogP contribution >= 0.6 is 0 Å². The number of benzene rings is 1. The SMILES string of the molecule is O=C(c1cnccn1)N1CCOC(c2ccccc2F)C1. The Bertz CT molecular complexity index is 636. The Hall–Kier alpha value is -2.34. The third-order valence-electron chi connectivity index (χ3n) is 3.39. The maximum Gasteiger partial charge on any atom is 0.274 e. The molecule has 108 valence electrons. The highest BCUT2D eigenvalue weighted by Crippen LogP contribution is 2.25. The Balaban J connectivity index is 1.77. The van der Waals surface area contributed by atoms with Crippen LogP contribution in [-0.4, -0.2) is 40.5 Å². The summed E-state index contributed by atoms with van der Waals surface area (Å²) in [6.45, 7) is 1.13. The minimum absolute atomic E-state index is 0.215. The van der Waals surface area contributed by atoms with Gasteiger partial charge in [0.25, 0.3) is 5.91 Å². The summed E-state index contributed by atoms with van der Waals surface area (Å²) >= 11 is 0. The van der Waals surface area contributed by atoms with Gasteiger partial charge in [0, 0.05) is 24.5 Å². The number of morpholine rings is 1. The lowest BCUT2D eigenvalue weighted by Gasteiger charge is -2.33. The molecule has 0 bridgehead atoms. The van der Waals surface area contributed by atoms with E-state index in [9.17, 15) is 9.18 Å². The topological polar surface area (TPSA) is 55.3 Å². The fraction of sp³-hybridized carbons (Fsp3) is 0.267. The average Bonchev–Trinajstić information content (AvgIpc) is 2.55. The van der Waals surface area contributed by atoms with Gasteiger partial charge in [-0.05, 0) is 6.07 Å². The lowest BCUT2D eigenvalue weighted by molar-refractivity contribution is -0.0245. The van der Waals surface area contributed by atoms with Crippen LogP contribution in [0.4, 0.5) is 4.39 Å². The molecule has 3 rings (SSSR count). The summed E-state index contributed by atoms with van der Waals surface area (Å²) in [5.74, 6) is -0.538. The predicted octanol–water partition coefficient (Wildman–Crippen LogP) is 1.83. The molecule has 1 atom stereocenters. The van der Waals surface area contributed by atoms with Crippen LogP contribution in [-0.2, 0) is 4.74 Å². The first kappa shape index (κ1) is 13.6. The Kier molecular flexibility index (Phi) is 3.87. The van der Waals surface area contributed by atoms with Crippen molar-refractivity contribution in [3.05, 3.63) is 59.9 Å². The van der Waals surface area contributed by atoms with E-state index in [4.69, 9.17) is 4.74 Å². The zero-order valence-electron chi connectivity index (χ0n) is 11.3. The first-order valence-corrected chi connectivity index (χ1v) is 6.67. The second-order valence-corrected chi connectivity index (χ2v) is 4.72. The molecule has 21 heavy (non-hydrogen) atoms. The summed E-state index contributed by atoms with van der Waals surface area (Å²) in [6, 6.07) is 6.45. The third kappa shape index (κ3) is 2.90. The Labute approximate surface area is 121 Å². The number of ether oxygens (including phenoxy) is 1. The van der Waals surface area contributed by atoms with Crippen LogP contribution in [0.1, 0.15) is 22.2 Å². The Morgan fingerprint density at radius 1 is 1.33 bits per heavy atom. The van der Waals surface area contributed by atoms with Crippen LogP contribution < -0.4 is 0 Å². The molecular weight excluding hydrogens is 273 g/mol. The van der Waals surface area contributed by atoms with Crippen LogP contribution in [0.2, 0.25) is 0 Å². The maximum atomic E-state index is 13.8. The van der Waals surface area contributed by atoms with Crippen LogP contribution in [0, 0.1) is 5.82 Å². The van der Waals surface area contributed by atoms with Gasteiger partial charge in [-0.1, -0.05) is 18.2 Å². The van der Waals surface area contributed by atoms with Crippen molar-refractivity contribution in [1.82, 2.24) is 14.9 Å². The lowest BCUT2D eigenvalue weighted by atomic mass is 10.1. The van der Waals surface area contributed by atoms with Gasteiger partial charge in [-0.3, -0.25) is 9.78 Å². The van der Waals surface area contributed by atoms with Gasteiger partial charge in [0.15, 0.2) is 0 Å². The Morgan fingerprint density at radius 2 is 2.19 bits per heavy atom. The second kappa shape index (κ2) is 5.97. The standard InChI is InChI=1S/C15H14FN3O2/c16-12-4-2-1-3-11(12)14-10-19(7-8-21-14)15(20)13-9-17-5-6-18-13/h1-6,9,14H,7-8,10H2. The lowest BCUT2D eigenvalue weighted by Crippen LogP contribution is -2.42. The first-order chi connectivity index (χ1) is 10.3. The zero-order valence-corrected chi connectivity index (χ0v) is 11.3. The van der Waals surface area contributed by atoms with E-state index >= 15 is 0 Å². The van der Waals surface area contributed by atoms with Gasteiger partial charge in [0.05, 0.1) is 19.3 Å². The van der Waals surface area contributed by atoms with Gasteiger partial charge < -0.3 is 9.64 Å². The van der Waals surface area contributed by atoms with Gasteiger partial charge in [0.1, 0.15) is 17.6 Å². The molecule has 1 aliphatic heterocycles. The van der Waals surface area contributed by atoms with E-state index in [0.29, 0.717) is 25.3 Å². The van der Waals surface area contributed by atoms with Crippen LogP contribution in [0.15, 0.2) is 42.9 Å². The molecule has 5 nitrogen and oxygen atoms in total. The van der Waals surface area contributed by atoms with E-state index in [-0.39, 0.29) is 17.4 Å². The largest absolute Gasteiger partial charge is 0.370 e. The maximum absolute atomic E-state index is 13.8. The second-order valence-electron chi connectivity index (χ2n) is 4.72. The molecule has 1 amide bonds. The molecule has 0 aliphatic carbocycles. The molecule has 1 aromatic carbocycles. The van der Waals surface area contributed by atoms with Crippen molar-refractivity contribution in [2.75, 3.05) is 19.7 Å². The van der Waals surface area contributed by atoms with Crippen LogP contribution in [0.25, 0.3) is 0 Å². The number of aromatic nitrogens is 2. The van der Waals surface area contributed by atoms with E-state index in [0.717, 1.165) is 0 Å². The number of halogens is 1. The number of hydrogen-bond donors (Lipinski definition) is 0. The monoisotopic (exact) mass is 287 g/mol. The molecule has 1 aliphatic rings. The quantitative estimate of drug-likeness (QED) is 0.845. The van der Waals surface area contributed by atoms with Gasteiger partial charge in [-0.2, -0.15) is 0 Å². The molecule has 1 aromatic heterocycles. The van der Waals surface area contributed by atoms with Gasteiger partial charge in [0.2, 0.25) is 0 Å². The van der Waals surface area contributed by atoms with Crippen molar-refractivity contribution in [3.8, 4) is 0 Å². The highest BCUT2D eigenvalue weighted by atomic mass is 19.1. The summed E-state index contributed by atoms with van der Waals surface area (Å²) in [6.07, 6.45) is 3.96. The highest BCUT2D eigenvalue weighted by molar-refractivity contribution is 5.92. The number of carbonyl (C=O) groups excluding carboxylic acids is 1. The summed E-state index contributed by atoms with van der Waals surface area (Å²) in [5.41, 5.74) is 0.751. The molecule has 0 N–H and O–H groups in total. The highest BCUT2D eigenvalue weighted by Gasteiger charge is 2.28. The van der Waals surface area contributed by atoms with Crippen molar-refractivity contribution in [3.63, 3.8) is 0 Å². The van der Waals surface area contributed by atoms with Crippen molar-refractivity contribution in [2.45, 2.75) is 6.10 Å². The minimum Gasteiger partial charge on any atom is -0.370 e. The molecule has 0 saturated carbocycles. The van der Waals surface area contributed by atoms with Crippen LogP contribution in [0.5, 0.6) is 0 Å². The van der Waals surface area contributed by atoms with E-state index in [1.165, 1.54) is 24.7 Å². The molecule has 6 heteroatoms. The fourth-order valence-corrected chi connectivity index (χ4v) is 2.33. The van der Waals surface area contributed by atoms with Crippen molar-refractivity contribution < 1.29 is 13.9 Å². The molecular formula is C15H14FN3O2. The number of hydrogen-bond acceptors (Lipinski definition) is 4. The summed E-state index contributed by atoms with van der Waals surface area (Å²) < 4.78 is 19.4. The summed E-state index contributed by atoms with van der Waals surface area (Å²) in [5, 5.41) is 0. The molecule has 0 radical (unpaired) electrons. The summed E-state index contributed by atoms with van der Waals surface area (Å²) in [7, 11) is 0. The van der Waals surface area contributed by atoms with E-state index in [1.807, 2.05) is 0 Å². The number of rotatable bonds is 2. The fourth-order valence-electron chi connectivity index (χ4n) is 2.33. The molecule has 1 fully saturated rings. The summed E-state index contributed by atoms with van der Waals surface area (Å²) in [4.78, 5) is 21.8. The van der Waals surface area contributed by atoms with Crippen molar-refractivity contribution in [2.24, 2.45) is 0 Å². The molecule has 1 unspecified atom stereocenters. The molecule has 2 heterocycles.